The number of nitrogens with zero attached hydrogens (tertiary/aromatic N) is 2. The van der Waals surface area contributed by atoms with Gasteiger partial charge in [0.15, 0.2) is 0 Å². The predicted octanol–water partition coefficient (Wildman–Crippen LogP) is 2.93. The third-order valence-electron chi connectivity index (χ3n) is 2.42. The molecule has 0 aliphatic carbocycles. The average Bonchev–Trinajstić information content (AvgIpc) is 2.36. The van der Waals surface area contributed by atoms with Crippen molar-refractivity contribution < 1.29 is 4.79 Å². The first-order valence-corrected chi connectivity index (χ1v) is 6.07. The Balaban J connectivity index is 2.25. The molecule has 0 saturated carbocycles. The first-order valence-electron chi connectivity index (χ1n) is 5.32. The number of carbonyl (C=O) groups is 1. The minimum atomic E-state index is -0.384. The van der Waals surface area contributed by atoms with Crippen LogP contribution >= 0.6 is 23.2 Å². The van der Waals surface area contributed by atoms with Crippen LogP contribution in [0.25, 0.3) is 0 Å². The van der Waals surface area contributed by atoms with E-state index in [1.54, 1.807) is 13.0 Å². The fourth-order valence-corrected chi connectivity index (χ4v) is 1.72. The number of rotatable bonds is 2. The van der Waals surface area contributed by atoms with E-state index in [1.807, 2.05) is 0 Å². The Hall–Kier alpha value is -1.85. The molecule has 2 aromatic heterocycles. The molecule has 0 aliphatic rings. The molecule has 0 unspecified atom stereocenters. The monoisotopic (exact) mass is 296 g/mol. The number of aromatic nitrogens is 2. The van der Waals surface area contributed by atoms with Crippen LogP contribution in [-0.4, -0.2) is 15.9 Å². The normalized spacial score (nSPS) is 10.3. The Labute approximate surface area is 119 Å². The highest BCUT2D eigenvalue weighted by molar-refractivity contribution is 6.30. The minimum Gasteiger partial charge on any atom is -0.397 e. The average molecular weight is 297 g/mol. The maximum absolute atomic E-state index is 12.0. The van der Waals surface area contributed by atoms with Gasteiger partial charge in [-0.3, -0.25) is 4.79 Å². The molecule has 3 N–H and O–H groups in total. The van der Waals surface area contributed by atoms with E-state index >= 15 is 0 Å². The number of nitrogens with two attached hydrogens (primary N) is 1. The molecule has 2 heterocycles. The van der Waals surface area contributed by atoms with E-state index in [0.717, 1.165) is 5.56 Å². The Kier molecular flexibility index (Phi) is 3.87. The van der Waals surface area contributed by atoms with Crippen molar-refractivity contribution in [2.45, 2.75) is 6.92 Å². The lowest BCUT2D eigenvalue weighted by Gasteiger charge is -2.08. The summed E-state index contributed by atoms with van der Waals surface area (Å²) >= 11 is 11.5. The van der Waals surface area contributed by atoms with E-state index in [4.69, 9.17) is 28.9 Å². The summed E-state index contributed by atoms with van der Waals surface area (Å²) < 4.78 is 0. The van der Waals surface area contributed by atoms with Gasteiger partial charge in [0.2, 0.25) is 0 Å². The second-order valence-corrected chi connectivity index (χ2v) is 4.63. The summed E-state index contributed by atoms with van der Waals surface area (Å²) in [5.74, 6) is -0.384. The summed E-state index contributed by atoms with van der Waals surface area (Å²) in [4.78, 5) is 19.8. The molecule has 19 heavy (non-hydrogen) atoms. The second kappa shape index (κ2) is 5.42. The molecule has 0 bridgehead atoms. The third kappa shape index (κ3) is 3.13. The number of nitrogen functional groups attached to an aromatic ring is 1. The van der Waals surface area contributed by atoms with Crippen molar-refractivity contribution in [2.75, 3.05) is 11.1 Å². The van der Waals surface area contributed by atoms with Crippen molar-refractivity contribution in [1.82, 2.24) is 9.97 Å². The molecule has 0 aliphatic heterocycles. The summed E-state index contributed by atoms with van der Waals surface area (Å²) in [5.41, 5.74) is 7.48. The van der Waals surface area contributed by atoms with Gasteiger partial charge in [0.1, 0.15) is 10.3 Å². The number of amides is 1. The Morgan fingerprint density at radius 2 is 2.00 bits per heavy atom. The number of carbonyl (C=O) groups excluding carboxylic acids is 1. The number of pyridine rings is 2. The van der Waals surface area contributed by atoms with Crippen LogP contribution in [0.2, 0.25) is 10.3 Å². The van der Waals surface area contributed by atoms with Gasteiger partial charge in [0.25, 0.3) is 5.91 Å². The lowest BCUT2D eigenvalue weighted by atomic mass is 10.2. The molecule has 0 atom stereocenters. The zero-order valence-corrected chi connectivity index (χ0v) is 11.5. The molecule has 0 radical (unpaired) electrons. The van der Waals surface area contributed by atoms with Crippen LogP contribution in [0.3, 0.4) is 0 Å². The molecule has 2 aromatic rings. The maximum Gasteiger partial charge on any atom is 0.257 e. The number of nitrogens with one attached hydrogen (secondary N) is 1. The van der Waals surface area contributed by atoms with Crippen LogP contribution in [0.5, 0.6) is 0 Å². The molecule has 2 rings (SSSR count). The molecular weight excluding hydrogens is 287 g/mol. The predicted molar refractivity (Wildman–Crippen MR) is 75.6 cm³/mol. The van der Waals surface area contributed by atoms with Crippen LogP contribution < -0.4 is 11.1 Å². The highest BCUT2D eigenvalue weighted by Gasteiger charge is 2.12. The lowest BCUT2D eigenvalue weighted by molar-refractivity contribution is 0.102. The summed E-state index contributed by atoms with van der Waals surface area (Å²) in [5, 5.41) is 3.26. The van der Waals surface area contributed by atoms with E-state index in [-0.39, 0.29) is 22.3 Å². The summed E-state index contributed by atoms with van der Waals surface area (Å²) in [6.07, 6.45) is 2.80. The highest BCUT2D eigenvalue weighted by atomic mass is 35.5. The molecule has 5 nitrogen and oxygen atoms in total. The Morgan fingerprint density at radius 1 is 1.26 bits per heavy atom. The molecule has 0 spiro atoms. The van der Waals surface area contributed by atoms with Gasteiger partial charge in [-0.25, -0.2) is 9.97 Å². The van der Waals surface area contributed by atoms with Crippen LogP contribution in [0.15, 0.2) is 24.5 Å². The number of hydrogen-bond donors (Lipinski definition) is 2. The standard InChI is InChI=1S/C12H10Cl2N4O/c1-6-2-7(4-17-11(6)14)18-12(19)8-3-10(13)16-5-9(8)15/h2-5H,15H2,1H3,(H,18,19). The van der Waals surface area contributed by atoms with Gasteiger partial charge < -0.3 is 11.1 Å². The molecule has 1 amide bonds. The number of aryl methyl sites for hydroxylation is 1. The van der Waals surface area contributed by atoms with E-state index in [2.05, 4.69) is 15.3 Å². The molecule has 0 saturated heterocycles. The van der Waals surface area contributed by atoms with E-state index in [9.17, 15) is 4.79 Å². The number of halogens is 2. The highest BCUT2D eigenvalue weighted by Crippen LogP contribution is 2.19. The van der Waals surface area contributed by atoms with E-state index < -0.39 is 0 Å². The molecule has 0 aromatic carbocycles. The second-order valence-electron chi connectivity index (χ2n) is 3.88. The van der Waals surface area contributed by atoms with Crippen molar-refractivity contribution in [3.63, 3.8) is 0 Å². The van der Waals surface area contributed by atoms with Crippen molar-refractivity contribution in [3.8, 4) is 0 Å². The fourth-order valence-electron chi connectivity index (χ4n) is 1.46. The first kappa shape index (κ1) is 13.6. The number of hydrogen-bond acceptors (Lipinski definition) is 4. The van der Waals surface area contributed by atoms with Crippen LogP contribution in [0.1, 0.15) is 15.9 Å². The summed E-state index contributed by atoms with van der Waals surface area (Å²) in [6.45, 7) is 1.79. The quantitative estimate of drug-likeness (QED) is 0.835. The van der Waals surface area contributed by atoms with Crippen molar-refractivity contribution in [1.29, 1.82) is 0 Å². The van der Waals surface area contributed by atoms with Gasteiger partial charge in [-0.1, -0.05) is 23.2 Å². The van der Waals surface area contributed by atoms with Gasteiger partial charge in [0, 0.05) is 0 Å². The largest absolute Gasteiger partial charge is 0.397 e. The topological polar surface area (TPSA) is 80.9 Å². The number of anilines is 2. The first-order chi connectivity index (χ1) is 8.97. The smallest absolute Gasteiger partial charge is 0.257 e. The van der Waals surface area contributed by atoms with Gasteiger partial charge in [-0.15, -0.1) is 0 Å². The lowest BCUT2D eigenvalue weighted by Crippen LogP contribution is -2.14. The van der Waals surface area contributed by atoms with Gasteiger partial charge in [0.05, 0.1) is 29.3 Å². The third-order valence-corrected chi connectivity index (χ3v) is 3.02. The van der Waals surface area contributed by atoms with Crippen molar-refractivity contribution in [3.05, 3.63) is 46.0 Å². The molecule has 7 heteroatoms. The van der Waals surface area contributed by atoms with Gasteiger partial charge in [-0.2, -0.15) is 0 Å². The van der Waals surface area contributed by atoms with Crippen LogP contribution in [-0.2, 0) is 0 Å². The minimum absolute atomic E-state index is 0.199. The van der Waals surface area contributed by atoms with E-state index in [1.165, 1.54) is 18.5 Å². The van der Waals surface area contributed by atoms with Crippen LogP contribution in [0.4, 0.5) is 11.4 Å². The zero-order valence-electron chi connectivity index (χ0n) is 9.95. The maximum atomic E-state index is 12.0. The zero-order chi connectivity index (χ0) is 14.0. The van der Waals surface area contributed by atoms with Crippen molar-refractivity contribution >= 4 is 40.5 Å². The van der Waals surface area contributed by atoms with Crippen molar-refractivity contribution in [2.24, 2.45) is 0 Å². The van der Waals surface area contributed by atoms with Gasteiger partial charge >= 0.3 is 0 Å². The molecule has 0 fully saturated rings. The van der Waals surface area contributed by atoms with Crippen LogP contribution in [0, 0.1) is 6.92 Å². The summed E-state index contributed by atoms with van der Waals surface area (Å²) in [7, 11) is 0. The van der Waals surface area contributed by atoms with E-state index in [0.29, 0.717) is 10.8 Å². The Bertz CT molecular complexity index is 646. The Morgan fingerprint density at radius 3 is 2.68 bits per heavy atom. The SMILES string of the molecule is Cc1cc(NC(=O)c2cc(Cl)ncc2N)cnc1Cl. The van der Waals surface area contributed by atoms with Gasteiger partial charge in [-0.05, 0) is 24.6 Å². The molecule has 98 valence electrons. The summed E-state index contributed by atoms with van der Waals surface area (Å²) in [6, 6.07) is 3.12. The fraction of sp³-hybridized carbons (Fsp3) is 0.0833. The molecular formula is C12H10Cl2N4O.